The van der Waals surface area contributed by atoms with Gasteiger partial charge in [0.15, 0.2) is 0 Å². The summed E-state index contributed by atoms with van der Waals surface area (Å²) < 4.78 is 0. The van der Waals surface area contributed by atoms with Gasteiger partial charge in [-0.15, -0.1) is 0 Å². The minimum atomic E-state index is -1.21. The maximum Gasteiger partial charge on any atom is 0.326 e. The summed E-state index contributed by atoms with van der Waals surface area (Å²) in [5.74, 6) is -1.37. The number of aromatic nitrogens is 2. The van der Waals surface area contributed by atoms with Crippen LogP contribution in [0.1, 0.15) is 15.9 Å². The zero-order valence-corrected chi connectivity index (χ0v) is 19.7. The SMILES string of the molecule is O=C(NC(Cc1ccc2nc(-c3c(Cl)cccc3Cl)[nH]c2c1)C(=O)O)c1c(Cl)cccc1Cl. The summed E-state index contributed by atoms with van der Waals surface area (Å²) in [6, 6.07) is 13.8. The summed E-state index contributed by atoms with van der Waals surface area (Å²) in [6.07, 6.45) is 0.0281. The smallest absolute Gasteiger partial charge is 0.326 e. The van der Waals surface area contributed by atoms with Crippen LogP contribution in [0.15, 0.2) is 54.6 Å². The first-order chi connectivity index (χ1) is 15.7. The molecule has 4 aromatic rings. The van der Waals surface area contributed by atoms with E-state index >= 15 is 0 Å². The molecule has 33 heavy (non-hydrogen) atoms. The molecule has 0 fully saturated rings. The van der Waals surface area contributed by atoms with E-state index in [0.717, 1.165) is 0 Å². The van der Waals surface area contributed by atoms with Crippen LogP contribution in [0.2, 0.25) is 20.1 Å². The fourth-order valence-corrected chi connectivity index (χ4v) is 4.55. The van der Waals surface area contributed by atoms with E-state index in [9.17, 15) is 14.7 Å². The van der Waals surface area contributed by atoms with Gasteiger partial charge in [0.1, 0.15) is 11.9 Å². The molecule has 4 rings (SSSR count). The molecule has 168 valence electrons. The molecule has 1 aromatic heterocycles. The van der Waals surface area contributed by atoms with E-state index in [4.69, 9.17) is 46.4 Å². The number of H-pyrrole nitrogens is 1. The van der Waals surface area contributed by atoms with Crippen LogP contribution < -0.4 is 5.32 Å². The van der Waals surface area contributed by atoms with Crippen molar-refractivity contribution in [3.8, 4) is 11.4 Å². The van der Waals surface area contributed by atoms with E-state index in [1.165, 1.54) is 12.1 Å². The highest BCUT2D eigenvalue weighted by atomic mass is 35.5. The molecule has 0 saturated heterocycles. The number of amides is 1. The number of imidazole rings is 1. The fraction of sp³-hybridized carbons (Fsp3) is 0.0870. The molecule has 6 nitrogen and oxygen atoms in total. The molecular formula is C23H15Cl4N3O3. The normalized spacial score (nSPS) is 12.0. The van der Waals surface area contributed by atoms with Crippen LogP contribution in [-0.4, -0.2) is 33.0 Å². The zero-order valence-electron chi connectivity index (χ0n) is 16.7. The van der Waals surface area contributed by atoms with Gasteiger partial charge in [0.2, 0.25) is 0 Å². The molecule has 0 radical (unpaired) electrons. The van der Waals surface area contributed by atoms with Gasteiger partial charge in [0.25, 0.3) is 5.91 Å². The molecule has 0 aliphatic rings. The molecule has 1 atom stereocenters. The van der Waals surface area contributed by atoms with Crippen molar-refractivity contribution < 1.29 is 14.7 Å². The third-order valence-corrected chi connectivity index (χ3v) is 6.24. The van der Waals surface area contributed by atoms with Gasteiger partial charge in [0, 0.05) is 6.42 Å². The first-order valence-electron chi connectivity index (χ1n) is 9.65. The number of rotatable bonds is 6. The van der Waals surface area contributed by atoms with Gasteiger partial charge >= 0.3 is 5.97 Å². The predicted molar refractivity (Wildman–Crippen MR) is 131 cm³/mol. The van der Waals surface area contributed by atoms with Gasteiger partial charge in [-0.05, 0) is 42.0 Å². The highest BCUT2D eigenvalue weighted by Gasteiger charge is 2.24. The number of aromatic amines is 1. The van der Waals surface area contributed by atoms with Gasteiger partial charge in [0.05, 0.1) is 42.3 Å². The largest absolute Gasteiger partial charge is 0.480 e. The van der Waals surface area contributed by atoms with Gasteiger partial charge in [-0.1, -0.05) is 64.6 Å². The Morgan fingerprint density at radius 1 is 0.939 bits per heavy atom. The second kappa shape index (κ2) is 9.61. The molecule has 3 N–H and O–H groups in total. The Balaban J connectivity index is 1.60. The number of nitrogens with zero attached hydrogens (tertiary/aromatic N) is 1. The first kappa shape index (κ1) is 23.4. The summed E-state index contributed by atoms with van der Waals surface area (Å²) in [6.45, 7) is 0. The Bertz CT molecular complexity index is 1350. The average Bonchev–Trinajstić information content (AvgIpc) is 3.15. The van der Waals surface area contributed by atoms with Crippen LogP contribution in [-0.2, 0) is 11.2 Å². The quantitative estimate of drug-likeness (QED) is 0.278. The summed E-state index contributed by atoms with van der Waals surface area (Å²) in [5, 5.41) is 13.3. The number of hydrogen-bond donors (Lipinski definition) is 3. The Morgan fingerprint density at radius 2 is 1.55 bits per heavy atom. The summed E-state index contributed by atoms with van der Waals surface area (Å²) in [5.41, 5.74) is 2.59. The fourth-order valence-electron chi connectivity index (χ4n) is 3.41. The molecule has 0 aliphatic heterocycles. The predicted octanol–water partition coefficient (Wildman–Crippen LogP) is 6.27. The lowest BCUT2D eigenvalue weighted by Crippen LogP contribution is -2.42. The number of carboxylic acids is 1. The van der Waals surface area contributed by atoms with Gasteiger partial charge in [-0.2, -0.15) is 0 Å². The summed E-state index contributed by atoms with van der Waals surface area (Å²) in [7, 11) is 0. The van der Waals surface area contributed by atoms with Crippen molar-refractivity contribution >= 4 is 69.3 Å². The lowest BCUT2D eigenvalue weighted by atomic mass is 10.0. The molecule has 0 spiro atoms. The molecule has 0 aliphatic carbocycles. The van der Waals surface area contributed by atoms with Crippen molar-refractivity contribution in [2.45, 2.75) is 12.5 Å². The zero-order chi connectivity index (χ0) is 23.7. The molecule has 3 aromatic carbocycles. The third-order valence-electron chi connectivity index (χ3n) is 4.98. The Hall–Kier alpha value is -2.77. The number of hydrogen-bond acceptors (Lipinski definition) is 3. The number of carbonyl (C=O) groups excluding carboxylic acids is 1. The van der Waals surface area contributed by atoms with Gasteiger partial charge in [-0.3, -0.25) is 4.79 Å². The van der Waals surface area contributed by atoms with E-state index < -0.39 is 17.9 Å². The van der Waals surface area contributed by atoms with Crippen molar-refractivity contribution in [1.82, 2.24) is 15.3 Å². The van der Waals surface area contributed by atoms with E-state index in [0.29, 0.717) is 38.0 Å². The number of carboxylic acid groups (broad SMARTS) is 1. The average molecular weight is 523 g/mol. The van der Waals surface area contributed by atoms with Gasteiger partial charge in [-0.25, -0.2) is 9.78 Å². The standard InChI is InChI=1S/C23H15Cl4N3O3/c24-12-3-1-4-13(25)19(12)21-28-16-8-7-11(9-17(16)29-21)10-18(23(32)33)30-22(31)20-14(26)5-2-6-15(20)27/h1-9,18H,10H2,(H,28,29)(H,30,31)(H,32,33). The van der Waals surface area contributed by atoms with E-state index in [2.05, 4.69) is 15.3 Å². The second-order valence-corrected chi connectivity index (χ2v) is 8.83. The van der Waals surface area contributed by atoms with E-state index in [-0.39, 0.29) is 22.0 Å². The van der Waals surface area contributed by atoms with Crippen LogP contribution in [0.4, 0.5) is 0 Å². The van der Waals surface area contributed by atoms with Crippen LogP contribution >= 0.6 is 46.4 Å². The lowest BCUT2D eigenvalue weighted by molar-refractivity contribution is -0.139. The van der Waals surface area contributed by atoms with Crippen LogP contribution in [0.3, 0.4) is 0 Å². The van der Waals surface area contributed by atoms with E-state index in [1.807, 2.05) is 0 Å². The highest BCUT2D eigenvalue weighted by molar-refractivity contribution is 6.40. The monoisotopic (exact) mass is 521 g/mol. The summed E-state index contributed by atoms with van der Waals surface area (Å²) >= 11 is 24.7. The molecule has 0 saturated carbocycles. The van der Waals surface area contributed by atoms with E-state index in [1.54, 1.807) is 42.5 Å². The van der Waals surface area contributed by atoms with Crippen molar-refractivity contribution in [3.63, 3.8) is 0 Å². The molecule has 1 amide bonds. The maximum absolute atomic E-state index is 12.6. The van der Waals surface area contributed by atoms with Crippen molar-refractivity contribution in [1.29, 1.82) is 0 Å². The number of nitrogens with one attached hydrogen (secondary N) is 2. The topological polar surface area (TPSA) is 95.1 Å². The minimum absolute atomic E-state index is 0.0253. The van der Waals surface area contributed by atoms with Gasteiger partial charge < -0.3 is 15.4 Å². The molecule has 1 heterocycles. The molecule has 1 unspecified atom stereocenters. The lowest BCUT2D eigenvalue weighted by Gasteiger charge is -2.16. The number of benzene rings is 3. The van der Waals surface area contributed by atoms with Crippen LogP contribution in [0.5, 0.6) is 0 Å². The number of halogens is 4. The highest BCUT2D eigenvalue weighted by Crippen LogP contribution is 2.34. The molecule has 10 heteroatoms. The van der Waals surface area contributed by atoms with Crippen LogP contribution in [0.25, 0.3) is 22.4 Å². The van der Waals surface area contributed by atoms with Crippen molar-refractivity contribution in [2.24, 2.45) is 0 Å². The van der Waals surface area contributed by atoms with Crippen molar-refractivity contribution in [2.75, 3.05) is 0 Å². The molecular weight excluding hydrogens is 508 g/mol. The number of fused-ring (bicyclic) bond motifs is 1. The number of carbonyl (C=O) groups is 2. The summed E-state index contributed by atoms with van der Waals surface area (Å²) in [4.78, 5) is 32.2. The molecule has 0 bridgehead atoms. The Morgan fingerprint density at radius 3 is 2.15 bits per heavy atom. The van der Waals surface area contributed by atoms with Crippen molar-refractivity contribution in [3.05, 3.63) is 85.8 Å². The number of aliphatic carboxylic acids is 1. The third kappa shape index (κ3) is 4.94. The Labute approximate surface area is 208 Å². The first-order valence-corrected chi connectivity index (χ1v) is 11.2. The maximum atomic E-state index is 12.6. The van der Waals surface area contributed by atoms with Crippen LogP contribution in [0, 0.1) is 0 Å². The Kier molecular flexibility index (Phi) is 6.81. The minimum Gasteiger partial charge on any atom is -0.480 e. The second-order valence-electron chi connectivity index (χ2n) is 7.20.